The molecule has 2 aliphatic rings. The van der Waals surface area contributed by atoms with Gasteiger partial charge in [-0.1, -0.05) is 0 Å². The number of nitrogens with zero attached hydrogens (tertiary/aromatic N) is 2. The first kappa shape index (κ1) is 14.1. The van der Waals surface area contributed by atoms with Crippen molar-refractivity contribution in [3.63, 3.8) is 0 Å². The molecule has 0 aromatic carbocycles. The highest BCUT2D eigenvalue weighted by Gasteiger charge is 2.36. The lowest BCUT2D eigenvalue weighted by Crippen LogP contribution is -2.58. The minimum atomic E-state index is -0.922. The van der Waals surface area contributed by atoms with Gasteiger partial charge in [-0.2, -0.15) is 0 Å². The van der Waals surface area contributed by atoms with Crippen LogP contribution >= 0.6 is 0 Å². The number of rotatable bonds is 2. The SMILES string of the molecule is CC1CN(C)CCN1C(=O)NC1COCC1C(=O)O. The van der Waals surface area contributed by atoms with E-state index in [0.29, 0.717) is 6.54 Å². The second-order valence-corrected chi connectivity index (χ2v) is 5.34. The molecular weight excluding hydrogens is 250 g/mol. The van der Waals surface area contributed by atoms with Crippen LogP contribution in [0.2, 0.25) is 0 Å². The van der Waals surface area contributed by atoms with E-state index < -0.39 is 17.9 Å². The summed E-state index contributed by atoms with van der Waals surface area (Å²) >= 11 is 0. The molecule has 2 N–H and O–H groups in total. The van der Waals surface area contributed by atoms with Crippen LogP contribution in [0.4, 0.5) is 4.79 Å². The Kier molecular flexibility index (Phi) is 4.26. The number of carbonyl (C=O) groups excluding carboxylic acids is 1. The summed E-state index contributed by atoms with van der Waals surface area (Å²) in [5, 5.41) is 11.8. The third-order valence-electron chi connectivity index (χ3n) is 3.80. The van der Waals surface area contributed by atoms with Crippen LogP contribution in [0.25, 0.3) is 0 Å². The first-order valence-electron chi connectivity index (χ1n) is 6.55. The summed E-state index contributed by atoms with van der Waals surface area (Å²) in [6.07, 6.45) is 0. The van der Waals surface area contributed by atoms with Crippen LogP contribution in [0.3, 0.4) is 0 Å². The van der Waals surface area contributed by atoms with Gasteiger partial charge in [0.2, 0.25) is 0 Å². The minimum absolute atomic E-state index is 0.129. The molecule has 0 aliphatic carbocycles. The van der Waals surface area contributed by atoms with Crippen LogP contribution in [0, 0.1) is 5.92 Å². The predicted octanol–water partition coefficient (Wildman–Crippen LogP) is -0.568. The fourth-order valence-corrected chi connectivity index (χ4v) is 2.62. The summed E-state index contributed by atoms with van der Waals surface area (Å²) < 4.78 is 5.14. The van der Waals surface area contributed by atoms with Crippen molar-refractivity contribution in [3.8, 4) is 0 Å². The van der Waals surface area contributed by atoms with Gasteiger partial charge < -0.3 is 25.0 Å². The monoisotopic (exact) mass is 271 g/mol. The molecule has 0 spiro atoms. The van der Waals surface area contributed by atoms with Crippen molar-refractivity contribution >= 4 is 12.0 Å². The predicted molar refractivity (Wildman–Crippen MR) is 67.9 cm³/mol. The Morgan fingerprint density at radius 3 is 2.68 bits per heavy atom. The van der Waals surface area contributed by atoms with Crippen molar-refractivity contribution in [1.82, 2.24) is 15.1 Å². The van der Waals surface area contributed by atoms with Crippen LogP contribution in [0.5, 0.6) is 0 Å². The number of aliphatic carboxylic acids is 1. The molecule has 3 atom stereocenters. The molecule has 3 unspecified atom stereocenters. The molecule has 108 valence electrons. The van der Waals surface area contributed by atoms with Gasteiger partial charge in [0, 0.05) is 25.7 Å². The van der Waals surface area contributed by atoms with Crippen LogP contribution < -0.4 is 5.32 Å². The van der Waals surface area contributed by atoms with E-state index in [2.05, 4.69) is 10.2 Å². The van der Waals surface area contributed by atoms with Crippen molar-refractivity contribution in [2.45, 2.75) is 19.0 Å². The number of nitrogens with one attached hydrogen (secondary N) is 1. The van der Waals surface area contributed by atoms with E-state index in [1.165, 1.54) is 0 Å². The van der Waals surface area contributed by atoms with Crippen LogP contribution in [0.15, 0.2) is 0 Å². The van der Waals surface area contributed by atoms with E-state index >= 15 is 0 Å². The molecule has 0 aromatic heterocycles. The molecule has 2 fully saturated rings. The maximum Gasteiger partial charge on any atom is 0.318 e. The van der Waals surface area contributed by atoms with Crippen molar-refractivity contribution in [3.05, 3.63) is 0 Å². The fourth-order valence-electron chi connectivity index (χ4n) is 2.62. The quantitative estimate of drug-likeness (QED) is 0.703. The molecule has 2 saturated heterocycles. The average molecular weight is 271 g/mol. The van der Waals surface area contributed by atoms with Gasteiger partial charge in [0.05, 0.1) is 19.3 Å². The Bertz CT molecular complexity index is 363. The lowest BCUT2D eigenvalue weighted by Gasteiger charge is -2.38. The van der Waals surface area contributed by atoms with E-state index in [1.807, 2.05) is 14.0 Å². The first-order chi connectivity index (χ1) is 8.99. The average Bonchev–Trinajstić information content (AvgIpc) is 2.76. The van der Waals surface area contributed by atoms with E-state index in [0.717, 1.165) is 13.1 Å². The van der Waals surface area contributed by atoms with E-state index in [9.17, 15) is 9.59 Å². The topological polar surface area (TPSA) is 82.1 Å². The molecule has 0 bridgehead atoms. The number of likely N-dealkylation sites (N-methyl/N-ethyl adjacent to an activating group) is 1. The Labute approximate surface area is 112 Å². The van der Waals surface area contributed by atoms with E-state index in [4.69, 9.17) is 9.84 Å². The lowest BCUT2D eigenvalue weighted by atomic mass is 10.0. The summed E-state index contributed by atoms with van der Waals surface area (Å²) in [5.74, 6) is -1.57. The van der Waals surface area contributed by atoms with Gasteiger partial charge in [-0.15, -0.1) is 0 Å². The van der Waals surface area contributed by atoms with Crippen LogP contribution in [-0.2, 0) is 9.53 Å². The van der Waals surface area contributed by atoms with E-state index in [1.54, 1.807) is 4.90 Å². The molecule has 0 radical (unpaired) electrons. The third-order valence-corrected chi connectivity index (χ3v) is 3.80. The van der Waals surface area contributed by atoms with E-state index in [-0.39, 0.29) is 25.3 Å². The minimum Gasteiger partial charge on any atom is -0.481 e. The molecule has 2 rings (SSSR count). The van der Waals surface area contributed by atoms with Crippen molar-refractivity contribution in [1.29, 1.82) is 0 Å². The summed E-state index contributed by atoms with van der Waals surface area (Å²) in [6, 6.07) is -0.497. The van der Waals surface area contributed by atoms with Gasteiger partial charge in [0.1, 0.15) is 5.92 Å². The number of ether oxygens (including phenoxy) is 1. The lowest BCUT2D eigenvalue weighted by molar-refractivity contribution is -0.142. The van der Waals surface area contributed by atoms with Gasteiger partial charge >= 0.3 is 12.0 Å². The van der Waals surface area contributed by atoms with Gasteiger partial charge in [-0.3, -0.25) is 4.79 Å². The highest BCUT2D eigenvalue weighted by Crippen LogP contribution is 2.15. The molecule has 19 heavy (non-hydrogen) atoms. The van der Waals surface area contributed by atoms with Gasteiger partial charge in [-0.25, -0.2) is 4.79 Å². The number of hydrogen-bond donors (Lipinski definition) is 2. The van der Waals surface area contributed by atoms with Gasteiger partial charge in [-0.05, 0) is 14.0 Å². The Balaban J connectivity index is 1.92. The van der Waals surface area contributed by atoms with Gasteiger partial charge in [0.25, 0.3) is 0 Å². The zero-order chi connectivity index (χ0) is 14.0. The number of hydrogen-bond acceptors (Lipinski definition) is 4. The van der Waals surface area contributed by atoms with Crippen molar-refractivity contribution in [2.24, 2.45) is 5.92 Å². The molecule has 7 nitrogen and oxygen atoms in total. The first-order valence-corrected chi connectivity index (χ1v) is 6.55. The highest BCUT2D eigenvalue weighted by molar-refractivity contribution is 5.77. The summed E-state index contributed by atoms with van der Waals surface area (Å²) in [4.78, 5) is 27.1. The smallest absolute Gasteiger partial charge is 0.318 e. The zero-order valence-corrected chi connectivity index (χ0v) is 11.3. The summed E-state index contributed by atoms with van der Waals surface area (Å²) in [6.45, 7) is 4.76. The highest BCUT2D eigenvalue weighted by atomic mass is 16.5. The standard InChI is InChI=1S/C12H21N3O4/c1-8-5-14(2)3-4-15(8)12(18)13-10-7-19-6-9(10)11(16)17/h8-10H,3-7H2,1-2H3,(H,13,18)(H,16,17). The number of urea groups is 1. The van der Waals surface area contributed by atoms with Crippen LogP contribution in [0.1, 0.15) is 6.92 Å². The molecule has 0 saturated carbocycles. The molecule has 7 heteroatoms. The van der Waals surface area contributed by atoms with Crippen molar-refractivity contribution < 1.29 is 19.4 Å². The summed E-state index contributed by atoms with van der Waals surface area (Å²) in [7, 11) is 2.02. The van der Waals surface area contributed by atoms with Crippen LogP contribution in [-0.4, -0.2) is 78.9 Å². The summed E-state index contributed by atoms with van der Waals surface area (Å²) in [5.41, 5.74) is 0. The molecular formula is C12H21N3O4. The zero-order valence-electron chi connectivity index (χ0n) is 11.3. The number of carboxylic acid groups (broad SMARTS) is 1. The normalized spacial score (nSPS) is 32.3. The fraction of sp³-hybridized carbons (Fsp3) is 0.833. The maximum atomic E-state index is 12.2. The number of carboxylic acids is 1. The van der Waals surface area contributed by atoms with Crippen molar-refractivity contribution in [2.75, 3.05) is 39.9 Å². The Morgan fingerprint density at radius 1 is 1.32 bits per heavy atom. The third kappa shape index (κ3) is 3.16. The van der Waals surface area contributed by atoms with Gasteiger partial charge in [0.15, 0.2) is 0 Å². The maximum absolute atomic E-state index is 12.2. The second-order valence-electron chi connectivity index (χ2n) is 5.34. The molecule has 0 aromatic rings. The second kappa shape index (κ2) is 5.75. The molecule has 2 heterocycles. The molecule has 2 aliphatic heterocycles. The Hall–Kier alpha value is -1.34. The largest absolute Gasteiger partial charge is 0.481 e. The number of amides is 2. The Morgan fingerprint density at radius 2 is 2.05 bits per heavy atom. The molecule has 2 amide bonds. The number of carbonyl (C=O) groups is 2. The number of piperazine rings is 1.